The number of nitro benzene ring substituents is 1. The zero-order chi connectivity index (χ0) is 14.4. The molecule has 1 aromatic carbocycles. The largest absolute Gasteiger partial charge is 0.396 e. The second-order valence-corrected chi connectivity index (χ2v) is 5.02. The molecule has 0 heterocycles. The molecule has 1 aromatic rings. The molecule has 2 N–H and O–H groups in total. The third-order valence-electron chi connectivity index (χ3n) is 2.93. The van der Waals surface area contributed by atoms with Crippen LogP contribution in [-0.4, -0.2) is 23.2 Å². The number of hydrogen-bond acceptors (Lipinski definition) is 4. The first-order valence-electron chi connectivity index (χ1n) is 5.97. The average Bonchev–Trinajstić information content (AvgIpc) is 2.37. The van der Waals surface area contributed by atoms with Crippen molar-refractivity contribution in [3.05, 3.63) is 32.3 Å². The van der Waals surface area contributed by atoms with Crippen LogP contribution >= 0.6 is 23.2 Å². The number of hydrogen-bond donors (Lipinski definition) is 2. The van der Waals surface area contributed by atoms with Crippen molar-refractivity contribution in [2.24, 2.45) is 5.92 Å². The van der Waals surface area contributed by atoms with Gasteiger partial charge in [-0.2, -0.15) is 0 Å². The minimum absolute atomic E-state index is 0.101. The van der Waals surface area contributed by atoms with Gasteiger partial charge < -0.3 is 10.4 Å². The van der Waals surface area contributed by atoms with Crippen LogP contribution in [0.1, 0.15) is 19.8 Å². The van der Waals surface area contributed by atoms with Gasteiger partial charge in [0.25, 0.3) is 5.69 Å². The molecule has 0 saturated carbocycles. The number of halogens is 2. The van der Waals surface area contributed by atoms with Crippen molar-refractivity contribution in [2.75, 3.05) is 18.5 Å². The van der Waals surface area contributed by atoms with Crippen LogP contribution in [-0.2, 0) is 0 Å². The first-order valence-corrected chi connectivity index (χ1v) is 6.73. The second-order valence-electron chi connectivity index (χ2n) is 4.21. The highest BCUT2D eigenvalue weighted by Gasteiger charge is 2.17. The molecule has 0 spiro atoms. The molecule has 0 amide bonds. The Morgan fingerprint density at radius 3 is 2.58 bits per heavy atom. The molecular weight excluding hydrogens is 291 g/mol. The summed E-state index contributed by atoms with van der Waals surface area (Å²) < 4.78 is 0. The number of anilines is 1. The van der Waals surface area contributed by atoms with Crippen molar-refractivity contribution in [1.29, 1.82) is 0 Å². The molecule has 1 unspecified atom stereocenters. The molecule has 0 saturated heterocycles. The van der Waals surface area contributed by atoms with E-state index in [4.69, 9.17) is 28.3 Å². The van der Waals surface area contributed by atoms with E-state index in [0.717, 1.165) is 6.42 Å². The maximum absolute atomic E-state index is 10.9. The predicted octanol–water partition coefficient (Wildman–Crippen LogP) is 3.72. The van der Waals surface area contributed by atoms with E-state index in [1.54, 1.807) is 0 Å². The van der Waals surface area contributed by atoms with Crippen LogP contribution in [0.15, 0.2) is 12.1 Å². The number of aliphatic hydroxyl groups excluding tert-OH is 1. The van der Waals surface area contributed by atoms with Gasteiger partial charge in [0, 0.05) is 19.2 Å². The molecule has 0 radical (unpaired) electrons. The molecule has 1 atom stereocenters. The van der Waals surface area contributed by atoms with Crippen molar-refractivity contribution < 1.29 is 10.0 Å². The number of nitrogens with one attached hydrogen (secondary N) is 1. The van der Waals surface area contributed by atoms with Gasteiger partial charge in [-0.1, -0.05) is 36.5 Å². The lowest BCUT2D eigenvalue weighted by atomic mass is 10.0. The quantitative estimate of drug-likeness (QED) is 0.594. The Labute approximate surface area is 121 Å². The van der Waals surface area contributed by atoms with Gasteiger partial charge in [0.15, 0.2) is 0 Å². The Bertz CT molecular complexity index is 455. The molecule has 0 fully saturated rings. The van der Waals surface area contributed by atoms with Crippen LogP contribution in [0.2, 0.25) is 10.0 Å². The Hall–Kier alpha value is -1.04. The van der Waals surface area contributed by atoms with Gasteiger partial charge in [0.05, 0.1) is 15.0 Å². The second kappa shape index (κ2) is 7.53. The van der Waals surface area contributed by atoms with Crippen LogP contribution in [0.5, 0.6) is 0 Å². The Morgan fingerprint density at radius 1 is 1.42 bits per heavy atom. The monoisotopic (exact) mass is 306 g/mol. The molecule has 0 aliphatic heterocycles. The molecule has 0 aromatic heterocycles. The highest BCUT2D eigenvalue weighted by Crippen LogP contribution is 2.34. The molecule has 0 aliphatic rings. The van der Waals surface area contributed by atoms with Crippen LogP contribution < -0.4 is 5.32 Å². The van der Waals surface area contributed by atoms with E-state index in [-0.39, 0.29) is 28.3 Å². The number of aliphatic hydroxyl groups is 1. The van der Waals surface area contributed by atoms with Crippen LogP contribution in [0.3, 0.4) is 0 Å². The summed E-state index contributed by atoms with van der Waals surface area (Å²) in [5.74, 6) is 0.249. The normalized spacial score (nSPS) is 12.2. The van der Waals surface area contributed by atoms with E-state index in [1.165, 1.54) is 12.1 Å². The summed E-state index contributed by atoms with van der Waals surface area (Å²) in [6.07, 6.45) is 1.53. The summed E-state index contributed by atoms with van der Waals surface area (Å²) in [4.78, 5) is 10.4. The zero-order valence-electron chi connectivity index (χ0n) is 10.5. The minimum Gasteiger partial charge on any atom is -0.396 e. The lowest BCUT2D eigenvalue weighted by Gasteiger charge is -2.15. The van der Waals surface area contributed by atoms with Gasteiger partial charge in [-0.05, 0) is 18.4 Å². The summed E-state index contributed by atoms with van der Waals surface area (Å²) in [6.45, 7) is 2.64. The zero-order valence-corrected chi connectivity index (χ0v) is 12.0. The lowest BCUT2D eigenvalue weighted by Crippen LogP contribution is -2.15. The molecule has 19 heavy (non-hydrogen) atoms. The number of nitro groups is 1. The average molecular weight is 307 g/mol. The van der Waals surface area contributed by atoms with Crippen molar-refractivity contribution in [2.45, 2.75) is 19.8 Å². The maximum Gasteiger partial charge on any atom is 0.293 e. The Morgan fingerprint density at radius 2 is 2.05 bits per heavy atom. The predicted molar refractivity (Wildman–Crippen MR) is 77.1 cm³/mol. The fraction of sp³-hybridized carbons (Fsp3) is 0.500. The molecule has 5 nitrogen and oxygen atoms in total. The third-order valence-corrected chi connectivity index (χ3v) is 3.65. The van der Waals surface area contributed by atoms with Gasteiger partial charge in [-0.15, -0.1) is 0 Å². The summed E-state index contributed by atoms with van der Waals surface area (Å²) >= 11 is 11.6. The molecule has 7 heteroatoms. The topological polar surface area (TPSA) is 75.4 Å². The van der Waals surface area contributed by atoms with Gasteiger partial charge in [0.1, 0.15) is 5.69 Å². The van der Waals surface area contributed by atoms with Crippen LogP contribution in [0, 0.1) is 16.0 Å². The molecular formula is C12H16Cl2N2O3. The Kier molecular flexibility index (Phi) is 6.34. The highest BCUT2D eigenvalue weighted by molar-refractivity contribution is 6.42. The summed E-state index contributed by atoms with van der Waals surface area (Å²) in [7, 11) is 0. The van der Waals surface area contributed by atoms with E-state index in [2.05, 4.69) is 5.32 Å². The van der Waals surface area contributed by atoms with Crippen molar-refractivity contribution in [3.8, 4) is 0 Å². The molecule has 0 bridgehead atoms. The summed E-state index contributed by atoms with van der Waals surface area (Å²) in [5.41, 5.74) is 0.240. The van der Waals surface area contributed by atoms with Crippen molar-refractivity contribution in [1.82, 2.24) is 0 Å². The van der Waals surface area contributed by atoms with Crippen molar-refractivity contribution in [3.63, 3.8) is 0 Å². The van der Waals surface area contributed by atoms with Gasteiger partial charge in [-0.25, -0.2) is 0 Å². The molecule has 0 aliphatic carbocycles. The first kappa shape index (κ1) is 16.0. The third kappa shape index (κ3) is 4.53. The van der Waals surface area contributed by atoms with Gasteiger partial charge >= 0.3 is 0 Å². The fourth-order valence-electron chi connectivity index (χ4n) is 1.72. The van der Waals surface area contributed by atoms with E-state index < -0.39 is 4.92 Å². The molecule has 1 rings (SSSR count). The summed E-state index contributed by atoms with van der Waals surface area (Å²) in [5, 5.41) is 23.3. The number of benzene rings is 1. The van der Waals surface area contributed by atoms with Crippen LogP contribution in [0.4, 0.5) is 11.4 Å². The van der Waals surface area contributed by atoms with Gasteiger partial charge in [0.2, 0.25) is 0 Å². The Balaban J connectivity index is 2.87. The maximum atomic E-state index is 10.9. The number of rotatable bonds is 7. The lowest BCUT2D eigenvalue weighted by molar-refractivity contribution is -0.383. The first-order chi connectivity index (χ1) is 8.99. The van der Waals surface area contributed by atoms with Crippen molar-refractivity contribution >= 4 is 34.6 Å². The smallest absolute Gasteiger partial charge is 0.293 e. The summed E-state index contributed by atoms with van der Waals surface area (Å²) in [6, 6.07) is 2.69. The molecule has 106 valence electrons. The fourth-order valence-corrected chi connectivity index (χ4v) is 2.04. The van der Waals surface area contributed by atoms with Crippen LogP contribution in [0.25, 0.3) is 0 Å². The minimum atomic E-state index is -0.502. The van der Waals surface area contributed by atoms with E-state index >= 15 is 0 Å². The number of nitrogens with zero attached hydrogens (tertiary/aromatic N) is 1. The van der Waals surface area contributed by atoms with E-state index in [9.17, 15) is 10.1 Å². The standard InChI is InChI=1S/C12H16Cl2N2O3/c1-2-8(3-4-17)7-15-11-5-9(13)10(14)6-12(11)16(18)19/h5-6,8,15,17H,2-4,7H2,1H3. The van der Waals surface area contributed by atoms with Gasteiger partial charge in [-0.3, -0.25) is 10.1 Å². The van der Waals surface area contributed by atoms with E-state index in [0.29, 0.717) is 18.7 Å². The SMILES string of the molecule is CCC(CCO)CNc1cc(Cl)c(Cl)cc1[N+](=O)[O-]. The highest BCUT2D eigenvalue weighted by atomic mass is 35.5. The van der Waals surface area contributed by atoms with E-state index in [1.807, 2.05) is 6.92 Å².